The lowest BCUT2D eigenvalue weighted by atomic mass is 9.88. The van der Waals surface area contributed by atoms with Gasteiger partial charge in [-0.15, -0.1) is 0 Å². The van der Waals surface area contributed by atoms with Crippen molar-refractivity contribution in [2.45, 2.75) is 39.2 Å². The van der Waals surface area contributed by atoms with Gasteiger partial charge in [-0.2, -0.15) is 0 Å². The molecule has 0 heterocycles. The number of hydrogen-bond donors (Lipinski definition) is 1. The molecular weight excluding hydrogens is 296 g/mol. The Morgan fingerprint density at radius 2 is 2.06 bits per heavy atom. The zero-order chi connectivity index (χ0) is 13.1. The van der Waals surface area contributed by atoms with Crippen molar-refractivity contribution in [2.24, 2.45) is 0 Å². The summed E-state index contributed by atoms with van der Waals surface area (Å²) in [5, 5.41) is 10.2. The second-order valence-electron chi connectivity index (χ2n) is 4.35. The zero-order valence-corrected chi connectivity index (χ0v) is 12.4. The summed E-state index contributed by atoms with van der Waals surface area (Å²) >= 11 is 3.57. The first kappa shape index (κ1) is 13.7. The SMILES string of the molecule is CCOc1cc(Br)c2c(c1OCC)[C@@H](O)CCC2. The standard InChI is InChI=1S/C14H19BrO3/c1-3-17-12-8-10(15)9-6-5-7-11(16)13(9)14(12)18-4-2/h8,11,16H,3-7H2,1-2H3/t11-/m0/s1. The van der Waals surface area contributed by atoms with Crippen molar-refractivity contribution in [3.8, 4) is 11.5 Å². The summed E-state index contributed by atoms with van der Waals surface area (Å²) in [6, 6.07) is 1.95. The number of ether oxygens (including phenoxy) is 2. The van der Waals surface area contributed by atoms with E-state index in [9.17, 15) is 5.11 Å². The molecule has 100 valence electrons. The number of rotatable bonds is 4. The first-order valence-electron chi connectivity index (χ1n) is 6.47. The summed E-state index contributed by atoms with van der Waals surface area (Å²) in [7, 11) is 0. The van der Waals surface area contributed by atoms with Crippen molar-refractivity contribution in [3.05, 3.63) is 21.7 Å². The molecule has 0 radical (unpaired) electrons. The first-order chi connectivity index (χ1) is 8.69. The van der Waals surface area contributed by atoms with Crippen LogP contribution in [-0.4, -0.2) is 18.3 Å². The van der Waals surface area contributed by atoms with Crippen molar-refractivity contribution in [3.63, 3.8) is 0 Å². The highest BCUT2D eigenvalue weighted by Crippen LogP contribution is 2.45. The van der Waals surface area contributed by atoms with Crippen molar-refractivity contribution in [2.75, 3.05) is 13.2 Å². The molecule has 0 fully saturated rings. The normalized spacial score (nSPS) is 18.3. The molecule has 4 heteroatoms. The summed E-state index contributed by atoms with van der Waals surface area (Å²) in [5.74, 6) is 1.43. The van der Waals surface area contributed by atoms with Crippen LogP contribution in [0, 0.1) is 0 Å². The van der Waals surface area contributed by atoms with Crippen molar-refractivity contribution in [1.82, 2.24) is 0 Å². The molecule has 18 heavy (non-hydrogen) atoms. The lowest BCUT2D eigenvalue weighted by Crippen LogP contribution is -2.13. The monoisotopic (exact) mass is 314 g/mol. The Morgan fingerprint density at radius 3 is 2.72 bits per heavy atom. The lowest BCUT2D eigenvalue weighted by molar-refractivity contribution is 0.149. The van der Waals surface area contributed by atoms with Crippen LogP contribution >= 0.6 is 15.9 Å². The molecule has 0 bridgehead atoms. The van der Waals surface area contributed by atoms with Crippen LogP contribution in [0.2, 0.25) is 0 Å². The van der Waals surface area contributed by atoms with Crippen LogP contribution < -0.4 is 9.47 Å². The molecule has 1 atom stereocenters. The van der Waals surface area contributed by atoms with Gasteiger partial charge in [0, 0.05) is 10.0 Å². The van der Waals surface area contributed by atoms with Crippen LogP contribution in [0.4, 0.5) is 0 Å². The highest BCUT2D eigenvalue weighted by atomic mass is 79.9. The second-order valence-corrected chi connectivity index (χ2v) is 5.21. The Labute approximate surface area is 116 Å². The Balaban J connectivity index is 2.56. The van der Waals surface area contributed by atoms with Gasteiger partial charge >= 0.3 is 0 Å². The Bertz CT molecular complexity index is 432. The topological polar surface area (TPSA) is 38.7 Å². The highest BCUT2D eigenvalue weighted by Gasteiger charge is 2.27. The molecule has 1 N–H and O–H groups in total. The summed E-state index contributed by atoms with van der Waals surface area (Å²) in [6.07, 6.45) is 2.31. The summed E-state index contributed by atoms with van der Waals surface area (Å²) in [4.78, 5) is 0. The van der Waals surface area contributed by atoms with Gasteiger partial charge in [-0.05, 0) is 44.7 Å². The molecule has 1 aromatic carbocycles. The van der Waals surface area contributed by atoms with Gasteiger partial charge in [-0.1, -0.05) is 15.9 Å². The molecule has 0 unspecified atom stereocenters. The molecule has 0 aliphatic heterocycles. The Morgan fingerprint density at radius 1 is 1.33 bits per heavy atom. The quantitative estimate of drug-likeness (QED) is 0.922. The van der Waals surface area contributed by atoms with Gasteiger partial charge in [-0.3, -0.25) is 0 Å². The fourth-order valence-electron chi connectivity index (χ4n) is 2.45. The van der Waals surface area contributed by atoms with Gasteiger partial charge in [0.15, 0.2) is 11.5 Å². The molecule has 1 aliphatic carbocycles. The zero-order valence-electron chi connectivity index (χ0n) is 10.8. The van der Waals surface area contributed by atoms with E-state index >= 15 is 0 Å². The molecule has 0 amide bonds. The number of aliphatic hydroxyl groups excluding tert-OH is 1. The first-order valence-corrected chi connectivity index (χ1v) is 7.27. The summed E-state index contributed by atoms with van der Waals surface area (Å²) in [5.41, 5.74) is 2.06. The van der Waals surface area contributed by atoms with E-state index in [2.05, 4.69) is 15.9 Å². The molecule has 1 aromatic rings. The van der Waals surface area contributed by atoms with E-state index < -0.39 is 6.10 Å². The summed E-state index contributed by atoms with van der Waals surface area (Å²) in [6.45, 7) is 5.04. The molecule has 2 rings (SSSR count). The van der Waals surface area contributed by atoms with Gasteiger partial charge in [0.05, 0.1) is 19.3 Å². The van der Waals surface area contributed by atoms with E-state index in [0.717, 1.165) is 34.9 Å². The predicted molar refractivity (Wildman–Crippen MR) is 74.4 cm³/mol. The van der Waals surface area contributed by atoms with Crippen LogP contribution in [0.3, 0.4) is 0 Å². The molecule has 0 spiro atoms. The molecule has 0 saturated carbocycles. The van der Waals surface area contributed by atoms with Gasteiger partial charge in [-0.25, -0.2) is 0 Å². The minimum Gasteiger partial charge on any atom is -0.490 e. The fraction of sp³-hybridized carbons (Fsp3) is 0.571. The van der Waals surface area contributed by atoms with Crippen LogP contribution in [0.1, 0.15) is 43.9 Å². The van der Waals surface area contributed by atoms with Crippen molar-refractivity contribution >= 4 is 15.9 Å². The van der Waals surface area contributed by atoms with Gasteiger partial charge < -0.3 is 14.6 Å². The van der Waals surface area contributed by atoms with E-state index in [-0.39, 0.29) is 0 Å². The molecular formula is C14H19BrO3. The Hall–Kier alpha value is -0.740. The van der Waals surface area contributed by atoms with Crippen LogP contribution in [-0.2, 0) is 6.42 Å². The van der Waals surface area contributed by atoms with E-state index in [1.54, 1.807) is 0 Å². The third kappa shape index (κ3) is 2.50. The van der Waals surface area contributed by atoms with E-state index in [4.69, 9.17) is 9.47 Å². The summed E-state index contributed by atoms with van der Waals surface area (Å²) < 4.78 is 12.3. The van der Waals surface area contributed by atoms with E-state index in [1.165, 1.54) is 0 Å². The minimum absolute atomic E-state index is 0.452. The third-order valence-corrected chi connectivity index (χ3v) is 3.87. The maximum absolute atomic E-state index is 10.2. The van der Waals surface area contributed by atoms with Crippen molar-refractivity contribution in [1.29, 1.82) is 0 Å². The van der Waals surface area contributed by atoms with Gasteiger partial charge in [0.2, 0.25) is 0 Å². The lowest BCUT2D eigenvalue weighted by Gasteiger charge is -2.26. The maximum Gasteiger partial charge on any atom is 0.167 e. The molecule has 1 aliphatic rings. The van der Waals surface area contributed by atoms with Crippen LogP contribution in [0.15, 0.2) is 10.5 Å². The Kier molecular flexibility index (Phi) is 4.51. The second kappa shape index (κ2) is 5.93. The average Bonchev–Trinajstić information content (AvgIpc) is 2.35. The van der Waals surface area contributed by atoms with Crippen LogP contribution in [0.5, 0.6) is 11.5 Å². The van der Waals surface area contributed by atoms with Gasteiger partial charge in [0.25, 0.3) is 0 Å². The highest BCUT2D eigenvalue weighted by molar-refractivity contribution is 9.10. The number of halogens is 1. The molecule has 3 nitrogen and oxygen atoms in total. The maximum atomic E-state index is 10.2. The molecule has 0 saturated heterocycles. The molecule has 0 aromatic heterocycles. The third-order valence-electron chi connectivity index (χ3n) is 3.17. The smallest absolute Gasteiger partial charge is 0.167 e. The van der Waals surface area contributed by atoms with Gasteiger partial charge in [0.1, 0.15) is 0 Å². The van der Waals surface area contributed by atoms with Crippen LogP contribution in [0.25, 0.3) is 0 Å². The average molecular weight is 315 g/mol. The number of hydrogen-bond acceptors (Lipinski definition) is 3. The van der Waals surface area contributed by atoms with E-state index in [1.807, 2.05) is 19.9 Å². The largest absolute Gasteiger partial charge is 0.490 e. The van der Waals surface area contributed by atoms with Crippen molar-refractivity contribution < 1.29 is 14.6 Å². The van der Waals surface area contributed by atoms with E-state index in [0.29, 0.717) is 24.7 Å². The number of fused-ring (bicyclic) bond motifs is 1. The fourth-order valence-corrected chi connectivity index (χ4v) is 3.06. The number of benzene rings is 1. The number of aliphatic hydroxyl groups is 1. The minimum atomic E-state index is -0.452. The predicted octanol–water partition coefficient (Wildman–Crippen LogP) is 3.62.